The summed E-state index contributed by atoms with van der Waals surface area (Å²) in [6.07, 6.45) is 2.08. The molecule has 6 nitrogen and oxygen atoms in total. The van der Waals surface area contributed by atoms with Crippen LogP contribution in [-0.2, 0) is 11.3 Å². The van der Waals surface area contributed by atoms with Crippen LogP contribution in [0.15, 0.2) is 16.9 Å². The maximum atomic E-state index is 12.1. The highest BCUT2D eigenvalue weighted by Crippen LogP contribution is 2.22. The summed E-state index contributed by atoms with van der Waals surface area (Å²) in [7, 11) is 1.63. The third-order valence-electron chi connectivity index (χ3n) is 3.58. The topological polar surface area (TPSA) is 71.4 Å². The number of piperidine rings is 1. The molecule has 0 unspecified atom stereocenters. The Morgan fingerprint density at radius 1 is 1.42 bits per heavy atom. The fourth-order valence-electron chi connectivity index (χ4n) is 2.62. The van der Waals surface area contributed by atoms with Gasteiger partial charge in [0.1, 0.15) is 0 Å². The first-order chi connectivity index (χ1) is 9.28. The van der Waals surface area contributed by atoms with E-state index in [1.165, 1.54) is 4.52 Å². The van der Waals surface area contributed by atoms with E-state index in [0.29, 0.717) is 18.2 Å². The van der Waals surface area contributed by atoms with Crippen LogP contribution in [0.2, 0.25) is 0 Å². The number of hydrogen-bond acceptors (Lipinski definition) is 4. The van der Waals surface area contributed by atoms with Crippen LogP contribution in [0.25, 0.3) is 5.65 Å². The number of hydrogen-bond donors (Lipinski definition) is 2. The van der Waals surface area contributed by atoms with E-state index in [-0.39, 0.29) is 5.56 Å². The Hall–Kier alpha value is -1.66. The zero-order valence-electron chi connectivity index (χ0n) is 11.0. The quantitative estimate of drug-likeness (QED) is 0.851. The van der Waals surface area contributed by atoms with E-state index < -0.39 is 0 Å². The number of nitrogens with zero attached hydrogens (tertiary/aromatic N) is 2. The van der Waals surface area contributed by atoms with Gasteiger partial charge in [0.25, 0.3) is 5.56 Å². The van der Waals surface area contributed by atoms with Gasteiger partial charge in [0.15, 0.2) is 5.65 Å². The summed E-state index contributed by atoms with van der Waals surface area (Å²) in [5.74, 6) is 0.389. The largest absolute Gasteiger partial charge is 0.378 e. The monoisotopic (exact) mass is 262 g/mol. The number of nitrogens with one attached hydrogen (secondary N) is 2. The molecule has 3 rings (SSSR count). The lowest BCUT2D eigenvalue weighted by molar-refractivity contribution is 0.181. The van der Waals surface area contributed by atoms with Crippen molar-refractivity contribution in [3.05, 3.63) is 33.9 Å². The van der Waals surface area contributed by atoms with Crippen LogP contribution in [0.3, 0.4) is 0 Å². The third kappa shape index (κ3) is 2.41. The first-order valence-corrected chi connectivity index (χ1v) is 6.59. The summed E-state index contributed by atoms with van der Waals surface area (Å²) in [4.78, 5) is 16.7. The van der Waals surface area contributed by atoms with E-state index in [9.17, 15) is 4.79 Å². The molecule has 0 aromatic carbocycles. The van der Waals surface area contributed by atoms with Crippen molar-refractivity contribution in [2.45, 2.75) is 25.4 Å². The maximum absolute atomic E-state index is 12.1. The SMILES string of the molecule is COCc1cc2nc(C3CCNCC3)cc(=O)n2[nH]1. The van der Waals surface area contributed by atoms with Gasteiger partial charge in [-0.3, -0.25) is 9.89 Å². The van der Waals surface area contributed by atoms with Crippen molar-refractivity contribution in [2.75, 3.05) is 20.2 Å². The Balaban J connectivity index is 2.00. The fourth-order valence-corrected chi connectivity index (χ4v) is 2.62. The second-order valence-electron chi connectivity index (χ2n) is 4.95. The van der Waals surface area contributed by atoms with Crippen LogP contribution >= 0.6 is 0 Å². The van der Waals surface area contributed by atoms with Crippen molar-refractivity contribution in [2.24, 2.45) is 0 Å². The summed E-state index contributed by atoms with van der Waals surface area (Å²) in [5, 5.41) is 6.32. The molecule has 102 valence electrons. The van der Waals surface area contributed by atoms with Crippen LogP contribution in [0.5, 0.6) is 0 Å². The van der Waals surface area contributed by atoms with Gasteiger partial charge < -0.3 is 10.1 Å². The normalized spacial score (nSPS) is 17.1. The molecular weight excluding hydrogens is 244 g/mol. The molecule has 0 atom stereocenters. The number of H-pyrrole nitrogens is 1. The molecule has 0 spiro atoms. The molecule has 0 saturated carbocycles. The summed E-state index contributed by atoms with van der Waals surface area (Å²) < 4.78 is 6.53. The van der Waals surface area contributed by atoms with Gasteiger partial charge in [0, 0.05) is 25.2 Å². The predicted octanol–water partition coefficient (Wildman–Crippen LogP) is 0.636. The Morgan fingerprint density at radius 2 is 2.21 bits per heavy atom. The first-order valence-electron chi connectivity index (χ1n) is 6.59. The fraction of sp³-hybridized carbons (Fsp3) is 0.538. The van der Waals surface area contributed by atoms with Gasteiger partial charge in [-0.1, -0.05) is 0 Å². The number of aromatic amines is 1. The standard InChI is InChI=1S/C13H18N4O2/c1-19-8-10-6-12-15-11(7-13(18)17(12)16-10)9-2-4-14-5-3-9/h6-7,9,14,16H,2-5,8H2,1H3. The van der Waals surface area contributed by atoms with Gasteiger partial charge in [-0.15, -0.1) is 0 Å². The lowest BCUT2D eigenvalue weighted by atomic mass is 9.94. The molecule has 3 heterocycles. The molecule has 1 aliphatic heterocycles. The summed E-state index contributed by atoms with van der Waals surface area (Å²) in [6, 6.07) is 3.52. The van der Waals surface area contributed by atoms with Gasteiger partial charge in [-0.2, -0.15) is 0 Å². The first kappa shape index (κ1) is 12.4. The van der Waals surface area contributed by atoms with Crippen LogP contribution in [0.1, 0.15) is 30.1 Å². The highest BCUT2D eigenvalue weighted by molar-refractivity contribution is 5.40. The Bertz CT molecular complexity index is 625. The van der Waals surface area contributed by atoms with Crippen molar-refractivity contribution in [3.8, 4) is 0 Å². The average molecular weight is 262 g/mol. The van der Waals surface area contributed by atoms with E-state index in [0.717, 1.165) is 37.3 Å². The van der Waals surface area contributed by atoms with Crippen LogP contribution in [0.4, 0.5) is 0 Å². The Kier molecular flexibility index (Phi) is 3.35. The number of fused-ring (bicyclic) bond motifs is 1. The Labute approximate surface area is 110 Å². The maximum Gasteiger partial charge on any atom is 0.272 e. The molecule has 1 fully saturated rings. The van der Waals surface area contributed by atoms with E-state index in [1.54, 1.807) is 13.2 Å². The second-order valence-corrected chi connectivity index (χ2v) is 4.95. The van der Waals surface area contributed by atoms with E-state index in [2.05, 4.69) is 15.4 Å². The molecule has 0 radical (unpaired) electrons. The highest BCUT2D eigenvalue weighted by Gasteiger charge is 2.18. The molecule has 2 aromatic heterocycles. The molecule has 1 saturated heterocycles. The van der Waals surface area contributed by atoms with Crippen molar-refractivity contribution >= 4 is 5.65 Å². The highest BCUT2D eigenvalue weighted by atomic mass is 16.5. The van der Waals surface area contributed by atoms with Crippen molar-refractivity contribution in [3.63, 3.8) is 0 Å². The lowest BCUT2D eigenvalue weighted by Crippen LogP contribution is -2.28. The second kappa shape index (κ2) is 5.14. The number of rotatable bonds is 3. The van der Waals surface area contributed by atoms with Crippen LogP contribution in [0, 0.1) is 0 Å². The molecule has 0 amide bonds. The van der Waals surface area contributed by atoms with Crippen molar-refractivity contribution in [1.29, 1.82) is 0 Å². The number of ether oxygens (including phenoxy) is 1. The van der Waals surface area contributed by atoms with E-state index in [1.807, 2.05) is 6.07 Å². The van der Waals surface area contributed by atoms with Crippen molar-refractivity contribution in [1.82, 2.24) is 19.9 Å². The van der Waals surface area contributed by atoms with Crippen molar-refractivity contribution < 1.29 is 4.74 Å². The third-order valence-corrected chi connectivity index (χ3v) is 3.58. The van der Waals surface area contributed by atoms with E-state index in [4.69, 9.17) is 4.74 Å². The van der Waals surface area contributed by atoms with Gasteiger partial charge >= 0.3 is 0 Å². The molecular formula is C13H18N4O2. The zero-order chi connectivity index (χ0) is 13.2. The summed E-state index contributed by atoms with van der Waals surface area (Å²) >= 11 is 0. The molecule has 19 heavy (non-hydrogen) atoms. The lowest BCUT2D eigenvalue weighted by Gasteiger charge is -2.21. The molecule has 0 aliphatic carbocycles. The number of aromatic nitrogens is 3. The molecule has 0 bridgehead atoms. The predicted molar refractivity (Wildman–Crippen MR) is 71.4 cm³/mol. The molecule has 1 aliphatic rings. The van der Waals surface area contributed by atoms with Gasteiger partial charge in [-0.25, -0.2) is 9.50 Å². The van der Waals surface area contributed by atoms with Gasteiger partial charge in [0.2, 0.25) is 0 Å². The smallest absolute Gasteiger partial charge is 0.272 e. The Morgan fingerprint density at radius 3 is 2.95 bits per heavy atom. The molecule has 6 heteroatoms. The molecule has 2 N–H and O–H groups in total. The summed E-state index contributed by atoms with van der Waals surface area (Å²) in [5.41, 5.74) is 2.39. The minimum Gasteiger partial charge on any atom is -0.378 e. The zero-order valence-corrected chi connectivity index (χ0v) is 11.0. The van der Waals surface area contributed by atoms with Gasteiger partial charge in [0.05, 0.1) is 18.0 Å². The minimum absolute atomic E-state index is 0.0547. The number of methoxy groups -OCH3 is 1. The van der Waals surface area contributed by atoms with Gasteiger partial charge in [-0.05, 0) is 25.9 Å². The molecule has 2 aromatic rings. The van der Waals surface area contributed by atoms with Crippen LogP contribution in [-0.4, -0.2) is 34.8 Å². The average Bonchev–Trinajstić information content (AvgIpc) is 2.83. The van der Waals surface area contributed by atoms with E-state index >= 15 is 0 Å². The summed E-state index contributed by atoms with van der Waals surface area (Å²) in [6.45, 7) is 2.44. The van der Waals surface area contributed by atoms with Crippen LogP contribution < -0.4 is 10.9 Å². The minimum atomic E-state index is -0.0547.